The van der Waals surface area contributed by atoms with Crippen LogP contribution in [0.2, 0.25) is 0 Å². The Morgan fingerprint density at radius 2 is 2.04 bits per heavy atom. The molecule has 25 heavy (non-hydrogen) atoms. The molecule has 140 valence electrons. The number of nitrogens with one attached hydrogen (secondary N) is 2. The molecule has 1 fully saturated rings. The summed E-state index contributed by atoms with van der Waals surface area (Å²) in [6.45, 7) is 0.829. The van der Waals surface area contributed by atoms with Gasteiger partial charge in [-0.05, 0) is 43.3 Å². The van der Waals surface area contributed by atoms with Crippen LogP contribution in [-0.2, 0) is 10.0 Å². The van der Waals surface area contributed by atoms with Crippen molar-refractivity contribution in [1.82, 2.24) is 5.32 Å². The van der Waals surface area contributed by atoms with E-state index in [9.17, 15) is 8.42 Å². The van der Waals surface area contributed by atoms with E-state index in [2.05, 4.69) is 10.6 Å². The Morgan fingerprint density at radius 1 is 1.32 bits per heavy atom. The lowest BCUT2D eigenvalue weighted by Crippen LogP contribution is -2.31. The van der Waals surface area contributed by atoms with Crippen LogP contribution in [0.25, 0.3) is 0 Å². The van der Waals surface area contributed by atoms with Crippen molar-refractivity contribution < 1.29 is 8.42 Å². The Bertz CT molecular complexity index is 673. The third-order valence-electron chi connectivity index (χ3n) is 4.26. The van der Waals surface area contributed by atoms with Gasteiger partial charge in [-0.25, -0.2) is 8.42 Å². The number of thiocarbonyl (C=S) groups is 1. The first-order chi connectivity index (χ1) is 11.9. The van der Waals surface area contributed by atoms with Crippen LogP contribution in [0.3, 0.4) is 0 Å². The maximum atomic E-state index is 11.6. The van der Waals surface area contributed by atoms with Gasteiger partial charge >= 0.3 is 0 Å². The van der Waals surface area contributed by atoms with Gasteiger partial charge in [0.05, 0.1) is 11.9 Å². The topological polar surface area (TPSA) is 61.4 Å². The van der Waals surface area contributed by atoms with Gasteiger partial charge < -0.3 is 10.6 Å². The zero-order valence-corrected chi connectivity index (χ0v) is 17.3. The van der Waals surface area contributed by atoms with E-state index in [0.717, 1.165) is 23.2 Å². The second kappa shape index (κ2) is 9.64. The third-order valence-corrected chi connectivity index (χ3v) is 7.09. The lowest BCUT2D eigenvalue weighted by atomic mass is 10.0. The van der Waals surface area contributed by atoms with E-state index in [1.807, 2.05) is 17.8 Å². The lowest BCUT2D eigenvalue weighted by molar-refractivity contribution is 0.516. The van der Waals surface area contributed by atoms with Crippen LogP contribution in [0.1, 0.15) is 32.1 Å². The first-order valence-corrected chi connectivity index (χ1v) is 11.9. The molecule has 0 aromatic heterocycles. The SMILES string of the molecule is CN(c1cccc(NC(=S)NCCSC2CCCCC2)c1)S(C)(=O)=O. The summed E-state index contributed by atoms with van der Waals surface area (Å²) in [7, 11) is -1.74. The highest BCUT2D eigenvalue weighted by molar-refractivity contribution is 7.99. The van der Waals surface area contributed by atoms with Crippen molar-refractivity contribution in [3.05, 3.63) is 24.3 Å². The highest BCUT2D eigenvalue weighted by atomic mass is 32.2. The largest absolute Gasteiger partial charge is 0.362 e. The molecule has 0 atom stereocenters. The molecule has 1 aromatic rings. The van der Waals surface area contributed by atoms with Crippen LogP contribution in [-0.4, -0.2) is 44.4 Å². The molecule has 8 heteroatoms. The summed E-state index contributed by atoms with van der Waals surface area (Å²) in [6.07, 6.45) is 7.98. The lowest BCUT2D eigenvalue weighted by Gasteiger charge is -2.21. The molecule has 2 N–H and O–H groups in total. The van der Waals surface area contributed by atoms with Crippen LogP contribution >= 0.6 is 24.0 Å². The minimum absolute atomic E-state index is 0.559. The van der Waals surface area contributed by atoms with Crippen molar-refractivity contribution >= 4 is 50.5 Å². The summed E-state index contributed by atoms with van der Waals surface area (Å²) in [4.78, 5) is 0. The molecule has 0 spiro atoms. The molecule has 0 aliphatic heterocycles. The summed E-state index contributed by atoms with van der Waals surface area (Å²) in [5.74, 6) is 1.04. The van der Waals surface area contributed by atoms with E-state index < -0.39 is 10.0 Å². The molecule has 1 aromatic carbocycles. The van der Waals surface area contributed by atoms with E-state index in [4.69, 9.17) is 12.2 Å². The summed E-state index contributed by atoms with van der Waals surface area (Å²) in [5.41, 5.74) is 1.37. The Labute approximate surface area is 161 Å². The number of thioether (sulfide) groups is 1. The van der Waals surface area contributed by atoms with Gasteiger partial charge in [-0.1, -0.05) is 25.3 Å². The van der Waals surface area contributed by atoms with Crippen LogP contribution < -0.4 is 14.9 Å². The highest BCUT2D eigenvalue weighted by Gasteiger charge is 2.14. The van der Waals surface area contributed by atoms with Crippen molar-refractivity contribution in [3.63, 3.8) is 0 Å². The molecule has 0 saturated heterocycles. The number of hydrogen-bond donors (Lipinski definition) is 2. The van der Waals surface area contributed by atoms with Crippen LogP contribution in [0, 0.1) is 0 Å². The van der Waals surface area contributed by atoms with E-state index in [1.165, 1.54) is 49.7 Å². The molecule has 0 amide bonds. The number of rotatable bonds is 7. The van der Waals surface area contributed by atoms with Crippen molar-refractivity contribution in [2.75, 3.05) is 35.2 Å². The molecule has 0 heterocycles. The fraction of sp³-hybridized carbons (Fsp3) is 0.588. The van der Waals surface area contributed by atoms with Gasteiger partial charge in [-0.2, -0.15) is 11.8 Å². The fourth-order valence-corrected chi connectivity index (χ4v) is 4.70. The van der Waals surface area contributed by atoms with Crippen molar-refractivity contribution in [3.8, 4) is 0 Å². The monoisotopic (exact) mass is 401 g/mol. The van der Waals surface area contributed by atoms with Gasteiger partial charge in [-0.15, -0.1) is 0 Å². The molecule has 1 aliphatic rings. The number of anilines is 2. The predicted octanol–water partition coefficient (Wildman–Crippen LogP) is 3.43. The number of nitrogens with zero attached hydrogens (tertiary/aromatic N) is 1. The van der Waals surface area contributed by atoms with E-state index in [-0.39, 0.29) is 0 Å². The molecule has 0 unspecified atom stereocenters. The van der Waals surface area contributed by atoms with Crippen LogP contribution in [0.15, 0.2) is 24.3 Å². The van der Waals surface area contributed by atoms with E-state index in [0.29, 0.717) is 10.8 Å². The molecule has 0 radical (unpaired) electrons. The summed E-state index contributed by atoms with van der Waals surface area (Å²) in [5, 5.41) is 7.70. The average molecular weight is 402 g/mol. The predicted molar refractivity (Wildman–Crippen MR) is 113 cm³/mol. The second-order valence-electron chi connectivity index (χ2n) is 6.29. The van der Waals surface area contributed by atoms with Gasteiger partial charge in [0, 0.05) is 30.3 Å². The summed E-state index contributed by atoms with van der Waals surface area (Å²) < 4.78 is 24.5. The van der Waals surface area contributed by atoms with Gasteiger partial charge in [-0.3, -0.25) is 4.31 Å². The Kier molecular flexibility index (Phi) is 7.83. The Balaban J connectivity index is 1.76. The van der Waals surface area contributed by atoms with E-state index in [1.54, 1.807) is 18.2 Å². The molecule has 5 nitrogen and oxygen atoms in total. The normalized spacial score (nSPS) is 15.6. The number of benzene rings is 1. The zero-order chi connectivity index (χ0) is 18.3. The number of hydrogen-bond acceptors (Lipinski definition) is 4. The zero-order valence-electron chi connectivity index (χ0n) is 14.8. The maximum absolute atomic E-state index is 11.6. The second-order valence-corrected chi connectivity index (χ2v) is 10.1. The quantitative estimate of drug-likeness (QED) is 0.539. The van der Waals surface area contributed by atoms with Crippen LogP contribution in [0.4, 0.5) is 11.4 Å². The average Bonchev–Trinajstić information content (AvgIpc) is 2.58. The molecular weight excluding hydrogens is 374 g/mol. The summed E-state index contributed by atoms with van der Waals surface area (Å²) >= 11 is 7.36. The molecule has 1 saturated carbocycles. The summed E-state index contributed by atoms with van der Waals surface area (Å²) in [6, 6.07) is 7.20. The van der Waals surface area contributed by atoms with Crippen LogP contribution in [0.5, 0.6) is 0 Å². The Hall–Kier alpha value is -0.990. The van der Waals surface area contributed by atoms with E-state index >= 15 is 0 Å². The minimum Gasteiger partial charge on any atom is -0.362 e. The first-order valence-electron chi connectivity index (χ1n) is 8.56. The fourth-order valence-electron chi connectivity index (χ4n) is 2.77. The van der Waals surface area contributed by atoms with Gasteiger partial charge in [0.1, 0.15) is 0 Å². The first kappa shape index (κ1) is 20.3. The maximum Gasteiger partial charge on any atom is 0.231 e. The Morgan fingerprint density at radius 3 is 2.72 bits per heavy atom. The standard InChI is InChI=1S/C17H27N3O2S3/c1-20(25(2,21)22)15-8-6-7-14(13-15)19-17(23)18-11-12-24-16-9-4-3-5-10-16/h6-8,13,16H,3-5,9-12H2,1-2H3,(H2,18,19,23). The molecule has 1 aliphatic carbocycles. The molecular formula is C17H27N3O2S3. The van der Waals surface area contributed by atoms with Crippen molar-refractivity contribution in [2.24, 2.45) is 0 Å². The number of sulfonamides is 1. The van der Waals surface area contributed by atoms with Crippen molar-refractivity contribution in [2.45, 2.75) is 37.4 Å². The highest BCUT2D eigenvalue weighted by Crippen LogP contribution is 2.27. The minimum atomic E-state index is -3.28. The smallest absolute Gasteiger partial charge is 0.231 e. The van der Waals surface area contributed by atoms with Gasteiger partial charge in [0.25, 0.3) is 0 Å². The van der Waals surface area contributed by atoms with Gasteiger partial charge in [0.2, 0.25) is 10.0 Å². The third kappa shape index (κ3) is 7.03. The van der Waals surface area contributed by atoms with Gasteiger partial charge in [0.15, 0.2) is 5.11 Å². The molecule has 0 bridgehead atoms. The van der Waals surface area contributed by atoms with Crippen molar-refractivity contribution in [1.29, 1.82) is 0 Å². The molecule has 2 rings (SSSR count).